The highest BCUT2D eigenvalue weighted by molar-refractivity contribution is 7.86. The normalized spacial score (nSPS) is 11.5. The fraction of sp³-hybridized carbons (Fsp3) is 0.261. The van der Waals surface area contributed by atoms with E-state index in [0.717, 1.165) is 11.1 Å². The van der Waals surface area contributed by atoms with E-state index >= 15 is 0 Å². The molecule has 35 heavy (non-hydrogen) atoms. The van der Waals surface area contributed by atoms with Crippen LogP contribution in [-0.2, 0) is 27.3 Å². The van der Waals surface area contributed by atoms with E-state index in [1.807, 2.05) is 19.1 Å². The first-order chi connectivity index (χ1) is 16.8. The number of rotatable bonds is 10. The van der Waals surface area contributed by atoms with Crippen LogP contribution < -0.4 is 14.8 Å². The van der Waals surface area contributed by atoms with Crippen LogP contribution in [0.15, 0.2) is 53.4 Å². The van der Waals surface area contributed by atoms with Crippen LogP contribution in [0.2, 0.25) is 5.15 Å². The second kappa shape index (κ2) is 10.5. The lowest BCUT2D eigenvalue weighted by Gasteiger charge is -2.12. The molecule has 0 aliphatic carbocycles. The summed E-state index contributed by atoms with van der Waals surface area (Å²) in [6, 6.07) is 13.5. The Labute approximate surface area is 208 Å². The Hall–Kier alpha value is -3.41. The number of fused-ring (bicyclic) bond motifs is 1. The summed E-state index contributed by atoms with van der Waals surface area (Å²) in [5.41, 5.74) is 2.30. The smallest absolute Gasteiger partial charge is 0.296 e. The van der Waals surface area contributed by atoms with Crippen molar-refractivity contribution in [2.45, 2.75) is 24.8 Å². The zero-order valence-electron chi connectivity index (χ0n) is 19.4. The van der Waals surface area contributed by atoms with Gasteiger partial charge in [0.15, 0.2) is 11.5 Å². The molecule has 0 saturated carbocycles. The van der Waals surface area contributed by atoms with Gasteiger partial charge in [-0.05, 0) is 31.2 Å². The zero-order chi connectivity index (χ0) is 25.0. The summed E-state index contributed by atoms with van der Waals surface area (Å²) < 4.78 is 42.1. The fourth-order valence-corrected chi connectivity index (χ4v) is 4.40. The summed E-state index contributed by atoms with van der Waals surface area (Å²) in [5.74, 6) is 2.10. The SMILES string of the molecule is COc1ccc(CNc2nc(Cl)cc3nc(CCOS(=O)(=O)c4ccc(C)cc4)nn23)c(OC)c1. The van der Waals surface area contributed by atoms with Crippen LogP contribution in [0.4, 0.5) is 5.95 Å². The predicted octanol–water partition coefficient (Wildman–Crippen LogP) is 3.66. The molecule has 184 valence electrons. The average Bonchev–Trinajstić information content (AvgIpc) is 3.25. The van der Waals surface area contributed by atoms with Gasteiger partial charge in [0, 0.05) is 30.7 Å². The summed E-state index contributed by atoms with van der Waals surface area (Å²) in [5, 5.41) is 7.86. The van der Waals surface area contributed by atoms with E-state index in [-0.39, 0.29) is 23.1 Å². The van der Waals surface area contributed by atoms with E-state index in [9.17, 15) is 8.42 Å². The Kier molecular flexibility index (Phi) is 7.39. The molecule has 4 rings (SSSR count). The van der Waals surface area contributed by atoms with E-state index in [2.05, 4.69) is 20.4 Å². The molecule has 0 saturated heterocycles. The molecular weight excluding hydrogens is 494 g/mol. The van der Waals surface area contributed by atoms with Crippen molar-refractivity contribution in [2.24, 2.45) is 0 Å². The van der Waals surface area contributed by atoms with Gasteiger partial charge in [-0.1, -0.05) is 29.3 Å². The number of anilines is 1. The lowest BCUT2D eigenvalue weighted by Crippen LogP contribution is -2.10. The minimum Gasteiger partial charge on any atom is -0.497 e. The van der Waals surface area contributed by atoms with Gasteiger partial charge in [0.05, 0.1) is 25.7 Å². The molecule has 0 aliphatic rings. The molecule has 0 atom stereocenters. The second-order valence-electron chi connectivity index (χ2n) is 7.57. The number of hydrogen-bond donors (Lipinski definition) is 1. The number of nitrogens with one attached hydrogen (secondary N) is 1. The van der Waals surface area contributed by atoms with Crippen molar-refractivity contribution in [3.05, 3.63) is 70.6 Å². The quantitative estimate of drug-likeness (QED) is 0.248. The highest BCUT2D eigenvalue weighted by Gasteiger charge is 2.16. The van der Waals surface area contributed by atoms with Crippen LogP contribution in [0.5, 0.6) is 11.5 Å². The molecule has 10 nitrogen and oxygen atoms in total. The van der Waals surface area contributed by atoms with Crippen molar-refractivity contribution in [2.75, 3.05) is 26.1 Å². The van der Waals surface area contributed by atoms with Gasteiger partial charge in [-0.25, -0.2) is 9.97 Å². The van der Waals surface area contributed by atoms with E-state index < -0.39 is 10.1 Å². The largest absolute Gasteiger partial charge is 0.497 e. The van der Waals surface area contributed by atoms with Gasteiger partial charge in [-0.15, -0.1) is 5.10 Å². The highest BCUT2D eigenvalue weighted by Crippen LogP contribution is 2.25. The molecule has 2 aromatic carbocycles. The van der Waals surface area contributed by atoms with E-state index in [0.29, 0.717) is 35.5 Å². The van der Waals surface area contributed by atoms with Crippen molar-refractivity contribution >= 4 is 33.3 Å². The Morgan fingerprint density at radius 1 is 1.03 bits per heavy atom. The fourth-order valence-electron chi connectivity index (χ4n) is 3.31. The maximum atomic E-state index is 12.4. The molecule has 2 aromatic heterocycles. The number of ether oxygens (including phenoxy) is 2. The molecule has 0 aliphatic heterocycles. The average molecular weight is 518 g/mol. The molecule has 0 bridgehead atoms. The summed E-state index contributed by atoms with van der Waals surface area (Å²) >= 11 is 6.18. The predicted molar refractivity (Wildman–Crippen MR) is 131 cm³/mol. The number of methoxy groups -OCH3 is 2. The molecule has 0 radical (unpaired) electrons. The maximum absolute atomic E-state index is 12.4. The molecule has 4 aromatic rings. The standard InChI is InChI=1S/C23H24ClN5O5S/c1-15-4-8-18(9-5-15)35(30,31)34-11-10-21-27-22-13-20(24)26-23(29(22)28-21)25-14-16-6-7-17(32-2)12-19(16)33-3/h4-9,12-13H,10-11,14H2,1-3H3,(H,25,26). The van der Waals surface area contributed by atoms with Gasteiger partial charge in [0.1, 0.15) is 16.7 Å². The minimum absolute atomic E-state index is 0.0995. The Balaban J connectivity index is 1.47. The monoisotopic (exact) mass is 517 g/mol. The third-order valence-corrected chi connectivity index (χ3v) is 6.66. The van der Waals surface area contributed by atoms with Crippen molar-refractivity contribution in [1.82, 2.24) is 19.6 Å². The van der Waals surface area contributed by atoms with Gasteiger partial charge in [0.25, 0.3) is 10.1 Å². The second-order valence-corrected chi connectivity index (χ2v) is 9.57. The number of aromatic nitrogens is 4. The Bertz CT molecular complexity index is 1440. The maximum Gasteiger partial charge on any atom is 0.296 e. The third-order valence-electron chi connectivity index (χ3n) is 5.14. The van der Waals surface area contributed by atoms with Crippen LogP contribution in [0, 0.1) is 6.92 Å². The number of nitrogens with zero attached hydrogens (tertiary/aromatic N) is 4. The first-order valence-electron chi connectivity index (χ1n) is 10.6. The lowest BCUT2D eigenvalue weighted by atomic mass is 10.2. The van der Waals surface area contributed by atoms with Gasteiger partial charge >= 0.3 is 0 Å². The number of halogens is 1. The van der Waals surface area contributed by atoms with Crippen molar-refractivity contribution < 1.29 is 22.1 Å². The number of aryl methyl sites for hydroxylation is 1. The van der Waals surface area contributed by atoms with Crippen LogP contribution in [0.1, 0.15) is 17.0 Å². The van der Waals surface area contributed by atoms with E-state index in [1.54, 1.807) is 38.5 Å². The molecule has 0 unspecified atom stereocenters. The number of benzene rings is 2. The van der Waals surface area contributed by atoms with Crippen LogP contribution >= 0.6 is 11.6 Å². The highest BCUT2D eigenvalue weighted by atomic mass is 35.5. The molecule has 1 N–H and O–H groups in total. The lowest BCUT2D eigenvalue weighted by molar-refractivity contribution is 0.319. The molecule has 12 heteroatoms. The van der Waals surface area contributed by atoms with Crippen molar-refractivity contribution in [3.63, 3.8) is 0 Å². The Morgan fingerprint density at radius 2 is 1.80 bits per heavy atom. The Morgan fingerprint density at radius 3 is 2.51 bits per heavy atom. The number of hydrogen-bond acceptors (Lipinski definition) is 9. The van der Waals surface area contributed by atoms with E-state index in [4.69, 9.17) is 25.3 Å². The molecule has 0 fully saturated rings. The molecule has 0 amide bonds. The summed E-state index contributed by atoms with van der Waals surface area (Å²) in [4.78, 5) is 8.83. The van der Waals surface area contributed by atoms with Gasteiger partial charge in [-0.2, -0.15) is 12.9 Å². The molecule has 0 spiro atoms. The van der Waals surface area contributed by atoms with Crippen LogP contribution in [0.25, 0.3) is 5.65 Å². The van der Waals surface area contributed by atoms with Crippen LogP contribution in [-0.4, -0.2) is 48.8 Å². The summed E-state index contributed by atoms with van der Waals surface area (Å²) in [6.45, 7) is 2.15. The zero-order valence-corrected chi connectivity index (χ0v) is 20.9. The summed E-state index contributed by atoms with van der Waals surface area (Å²) in [6.07, 6.45) is 0.177. The topological polar surface area (TPSA) is 117 Å². The molecular formula is C23H24ClN5O5S. The van der Waals surface area contributed by atoms with Crippen molar-refractivity contribution in [3.8, 4) is 11.5 Å². The summed E-state index contributed by atoms with van der Waals surface area (Å²) in [7, 11) is -0.702. The molecule has 2 heterocycles. The first-order valence-corrected chi connectivity index (χ1v) is 12.4. The van der Waals surface area contributed by atoms with Crippen molar-refractivity contribution in [1.29, 1.82) is 0 Å². The van der Waals surface area contributed by atoms with E-state index in [1.165, 1.54) is 16.6 Å². The van der Waals surface area contributed by atoms with Crippen LogP contribution in [0.3, 0.4) is 0 Å². The van der Waals surface area contributed by atoms with Gasteiger partial charge < -0.3 is 14.8 Å². The minimum atomic E-state index is -3.87. The van der Waals surface area contributed by atoms with Gasteiger partial charge in [0.2, 0.25) is 5.95 Å². The van der Waals surface area contributed by atoms with Gasteiger partial charge in [-0.3, -0.25) is 4.18 Å². The first kappa shape index (κ1) is 24.7. The third kappa shape index (κ3) is 5.81.